The van der Waals surface area contributed by atoms with Gasteiger partial charge in [-0.1, -0.05) is 0 Å². The van der Waals surface area contributed by atoms with Crippen LogP contribution in [0.3, 0.4) is 0 Å². The summed E-state index contributed by atoms with van der Waals surface area (Å²) in [5.74, 6) is 0.108. The number of aryl methyl sites for hydroxylation is 1. The molecule has 0 saturated carbocycles. The first-order valence-electron chi connectivity index (χ1n) is 5.72. The highest BCUT2D eigenvalue weighted by Gasteiger charge is 2.19. The fourth-order valence-corrected chi connectivity index (χ4v) is 1.85. The van der Waals surface area contributed by atoms with Crippen molar-refractivity contribution in [2.75, 3.05) is 19.0 Å². The first-order chi connectivity index (χ1) is 8.91. The zero-order valence-corrected chi connectivity index (χ0v) is 11.2. The fourth-order valence-electron chi connectivity index (χ4n) is 1.85. The zero-order valence-electron chi connectivity index (χ0n) is 11.2. The van der Waals surface area contributed by atoms with Crippen LogP contribution in [-0.2, 0) is 0 Å². The third kappa shape index (κ3) is 2.26. The molecular weight excluding hydrogens is 246 g/mol. The number of aromatic nitrogens is 4. The Hall–Kier alpha value is -2.44. The molecule has 0 radical (unpaired) electrons. The Morgan fingerprint density at radius 1 is 1.37 bits per heavy atom. The Bertz CT molecular complexity index is 633. The summed E-state index contributed by atoms with van der Waals surface area (Å²) in [6, 6.07) is 1.69. The molecule has 0 spiro atoms. The molecule has 2 rings (SSSR count). The van der Waals surface area contributed by atoms with Crippen molar-refractivity contribution in [2.24, 2.45) is 0 Å². The van der Waals surface area contributed by atoms with E-state index in [2.05, 4.69) is 15.1 Å². The van der Waals surface area contributed by atoms with Crippen molar-refractivity contribution in [2.45, 2.75) is 13.8 Å². The van der Waals surface area contributed by atoms with Gasteiger partial charge in [0.2, 0.25) is 5.95 Å². The van der Waals surface area contributed by atoms with E-state index < -0.39 is 5.97 Å². The Kier molecular flexibility index (Phi) is 3.20. The van der Waals surface area contributed by atoms with Gasteiger partial charge in [0.15, 0.2) is 5.82 Å². The quantitative estimate of drug-likeness (QED) is 0.888. The number of hydrogen-bond donors (Lipinski definition) is 1. The Balaban J connectivity index is 2.57. The van der Waals surface area contributed by atoms with Crippen molar-refractivity contribution < 1.29 is 9.90 Å². The topological polar surface area (TPSA) is 84.1 Å². The molecule has 0 aliphatic rings. The Labute approximate surface area is 110 Å². The van der Waals surface area contributed by atoms with Crippen LogP contribution in [0.4, 0.5) is 5.95 Å². The van der Waals surface area contributed by atoms with Crippen LogP contribution in [0.15, 0.2) is 12.3 Å². The van der Waals surface area contributed by atoms with E-state index >= 15 is 0 Å². The van der Waals surface area contributed by atoms with E-state index in [0.29, 0.717) is 23.2 Å². The summed E-state index contributed by atoms with van der Waals surface area (Å²) in [5.41, 5.74) is 1.23. The van der Waals surface area contributed by atoms with Crippen molar-refractivity contribution in [1.29, 1.82) is 0 Å². The van der Waals surface area contributed by atoms with Crippen molar-refractivity contribution in [3.05, 3.63) is 29.2 Å². The highest BCUT2D eigenvalue weighted by molar-refractivity contribution is 5.90. The van der Waals surface area contributed by atoms with Crippen molar-refractivity contribution >= 4 is 11.9 Å². The van der Waals surface area contributed by atoms with Crippen molar-refractivity contribution in [3.8, 4) is 5.82 Å². The van der Waals surface area contributed by atoms with E-state index in [1.165, 1.54) is 4.68 Å². The van der Waals surface area contributed by atoms with Crippen LogP contribution in [-0.4, -0.2) is 44.9 Å². The van der Waals surface area contributed by atoms with Crippen molar-refractivity contribution in [1.82, 2.24) is 19.7 Å². The molecule has 2 aromatic rings. The molecule has 0 fully saturated rings. The Morgan fingerprint density at radius 2 is 2.05 bits per heavy atom. The minimum atomic E-state index is -0.983. The number of nitrogens with zero attached hydrogens (tertiary/aromatic N) is 5. The standard InChI is InChI=1S/C12H15N5O2/c1-7-10(11(18)19)8(2)17(15-7)9-5-6-13-12(14-9)16(3)4/h5-6H,1-4H3,(H,18,19). The van der Waals surface area contributed by atoms with Gasteiger partial charge in [-0.3, -0.25) is 0 Å². The van der Waals surface area contributed by atoms with Gasteiger partial charge in [0.25, 0.3) is 0 Å². The molecule has 100 valence electrons. The molecule has 7 nitrogen and oxygen atoms in total. The average Bonchev–Trinajstić information content (AvgIpc) is 2.65. The van der Waals surface area contributed by atoms with Crippen LogP contribution >= 0.6 is 0 Å². The fraction of sp³-hybridized carbons (Fsp3) is 0.333. The lowest BCUT2D eigenvalue weighted by atomic mass is 10.2. The van der Waals surface area contributed by atoms with E-state index in [4.69, 9.17) is 5.11 Å². The maximum absolute atomic E-state index is 11.2. The molecule has 0 aromatic carbocycles. The summed E-state index contributed by atoms with van der Waals surface area (Å²) in [6.45, 7) is 3.38. The second kappa shape index (κ2) is 4.68. The van der Waals surface area contributed by atoms with Gasteiger partial charge in [0, 0.05) is 26.4 Å². The van der Waals surface area contributed by atoms with Gasteiger partial charge in [-0.05, 0) is 13.8 Å². The number of anilines is 1. The lowest BCUT2D eigenvalue weighted by molar-refractivity contribution is 0.0695. The van der Waals surface area contributed by atoms with Gasteiger partial charge in [-0.2, -0.15) is 10.1 Å². The average molecular weight is 261 g/mol. The summed E-state index contributed by atoms with van der Waals surface area (Å²) in [5, 5.41) is 13.4. The van der Waals surface area contributed by atoms with Gasteiger partial charge in [-0.25, -0.2) is 14.5 Å². The van der Waals surface area contributed by atoms with Crippen molar-refractivity contribution in [3.63, 3.8) is 0 Å². The number of carboxylic acid groups (broad SMARTS) is 1. The van der Waals surface area contributed by atoms with Crippen LogP contribution in [0.25, 0.3) is 5.82 Å². The molecule has 7 heteroatoms. The summed E-state index contributed by atoms with van der Waals surface area (Å²) in [4.78, 5) is 21.4. The van der Waals surface area contributed by atoms with E-state index in [9.17, 15) is 4.79 Å². The molecule has 0 amide bonds. The summed E-state index contributed by atoms with van der Waals surface area (Å²) >= 11 is 0. The molecule has 0 aliphatic carbocycles. The molecular formula is C12H15N5O2. The van der Waals surface area contributed by atoms with Crippen LogP contribution < -0.4 is 4.90 Å². The molecule has 2 heterocycles. The van der Waals surface area contributed by atoms with Gasteiger partial charge >= 0.3 is 5.97 Å². The predicted molar refractivity (Wildman–Crippen MR) is 69.9 cm³/mol. The van der Waals surface area contributed by atoms with E-state index in [1.54, 1.807) is 31.0 Å². The van der Waals surface area contributed by atoms with Crippen LogP contribution in [0.1, 0.15) is 21.7 Å². The minimum Gasteiger partial charge on any atom is -0.478 e. The maximum atomic E-state index is 11.2. The molecule has 0 bridgehead atoms. The summed E-state index contributed by atoms with van der Waals surface area (Å²) in [6.07, 6.45) is 1.62. The summed E-state index contributed by atoms with van der Waals surface area (Å²) in [7, 11) is 3.67. The molecule has 0 saturated heterocycles. The first kappa shape index (κ1) is 13.0. The van der Waals surface area contributed by atoms with E-state index in [-0.39, 0.29) is 5.56 Å². The molecule has 2 aromatic heterocycles. The third-order valence-electron chi connectivity index (χ3n) is 2.75. The summed E-state index contributed by atoms with van der Waals surface area (Å²) < 4.78 is 1.52. The number of carboxylic acids is 1. The highest BCUT2D eigenvalue weighted by atomic mass is 16.4. The van der Waals surface area contributed by atoms with E-state index in [1.807, 2.05) is 14.1 Å². The SMILES string of the molecule is Cc1nn(-c2ccnc(N(C)C)n2)c(C)c1C(=O)O. The molecule has 1 N–H and O–H groups in total. The molecule has 19 heavy (non-hydrogen) atoms. The predicted octanol–water partition coefficient (Wildman–Crippen LogP) is 1.04. The van der Waals surface area contributed by atoms with Gasteiger partial charge in [0.1, 0.15) is 5.56 Å². The third-order valence-corrected chi connectivity index (χ3v) is 2.75. The first-order valence-corrected chi connectivity index (χ1v) is 5.72. The second-order valence-corrected chi connectivity index (χ2v) is 4.37. The van der Waals surface area contributed by atoms with Crippen LogP contribution in [0.5, 0.6) is 0 Å². The smallest absolute Gasteiger partial charge is 0.339 e. The number of rotatable bonds is 3. The normalized spacial score (nSPS) is 10.5. The molecule has 0 aliphatic heterocycles. The Morgan fingerprint density at radius 3 is 2.58 bits per heavy atom. The van der Waals surface area contributed by atoms with Gasteiger partial charge in [0.05, 0.1) is 11.4 Å². The minimum absolute atomic E-state index is 0.213. The molecule has 0 unspecified atom stereocenters. The van der Waals surface area contributed by atoms with E-state index in [0.717, 1.165) is 0 Å². The van der Waals surface area contributed by atoms with Gasteiger partial charge < -0.3 is 10.0 Å². The zero-order chi connectivity index (χ0) is 14.2. The number of carbonyl (C=O) groups is 1. The van der Waals surface area contributed by atoms with Crippen LogP contribution in [0.2, 0.25) is 0 Å². The highest BCUT2D eigenvalue weighted by Crippen LogP contribution is 2.17. The van der Waals surface area contributed by atoms with Crippen LogP contribution in [0, 0.1) is 13.8 Å². The van der Waals surface area contributed by atoms with Gasteiger partial charge in [-0.15, -0.1) is 0 Å². The lowest BCUT2D eigenvalue weighted by Crippen LogP contribution is -2.14. The number of aromatic carboxylic acids is 1. The molecule has 0 atom stereocenters. The lowest BCUT2D eigenvalue weighted by Gasteiger charge is -2.11. The second-order valence-electron chi connectivity index (χ2n) is 4.37. The monoisotopic (exact) mass is 261 g/mol. The number of hydrogen-bond acceptors (Lipinski definition) is 5. The maximum Gasteiger partial charge on any atom is 0.339 e. The largest absolute Gasteiger partial charge is 0.478 e.